The molecule has 0 saturated carbocycles. The highest BCUT2D eigenvalue weighted by Gasteiger charge is 2.46. The molecular weight excluding hydrogens is 451 g/mol. The van der Waals surface area contributed by atoms with Gasteiger partial charge in [0.05, 0.1) is 23.3 Å². The molecule has 0 fully saturated rings. The number of aromatic amines is 1. The molecule has 9 nitrogen and oxygen atoms in total. The van der Waals surface area contributed by atoms with Crippen molar-refractivity contribution in [2.75, 3.05) is 0 Å². The molecule has 0 spiro atoms. The van der Waals surface area contributed by atoms with E-state index < -0.39 is 31.8 Å². The largest absolute Gasteiger partial charge is 0.501 e. The van der Waals surface area contributed by atoms with Crippen LogP contribution in [0.1, 0.15) is 5.56 Å². The number of halogens is 3. The number of pyridine rings is 1. The first-order valence-electron chi connectivity index (χ1n) is 8.95. The van der Waals surface area contributed by atoms with Crippen LogP contribution in [0.25, 0.3) is 17.2 Å². The van der Waals surface area contributed by atoms with E-state index in [2.05, 4.69) is 15.0 Å². The Morgan fingerprint density at radius 1 is 1.06 bits per heavy atom. The van der Waals surface area contributed by atoms with Gasteiger partial charge in [0.2, 0.25) is 5.88 Å². The summed E-state index contributed by atoms with van der Waals surface area (Å²) in [6.07, 6.45) is 5.90. The van der Waals surface area contributed by atoms with Crippen molar-refractivity contribution in [1.29, 1.82) is 0 Å². The van der Waals surface area contributed by atoms with Crippen molar-refractivity contribution in [1.82, 2.24) is 24.1 Å². The maximum absolute atomic E-state index is 12.8. The second-order valence-corrected chi connectivity index (χ2v) is 8.60. The molecule has 0 amide bonds. The SMILES string of the molecule is O=c1n(Cc2ccnc(-c3ncc[nH]3)c2)cc(O)n1-c1ccc(S(=O)(=O)C(F)(F)F)cc1. The van der Waals surface area contributed by atoms with Crippen LogP contribution in [0, 0.1) is 0 Å². The highest BCUT2D eigenvalue weighted by atomic mass is 32.2. The third-order valence-corrected chi connectivity index (χ3v) is 6.07. The molecular formula is C19H14F3N5O4S. The first-order chi connectivity index (χ1) is 15.1. The van der Waals surface area contributed by atoms with Gasteiger partial charge in [0.15, 0.2) is 5.82 Å². The van der Waals surface area contributed by atoms with Crippen molar-refractivity contribution < 1.29 is 26.7 Å². The Hall–Kier alpha value is -3.87. The highest BCUT2D eigenvalue weighted by molar-refractivity contribution is 7.92. The molecule has 32 heavy (non-hydrogen) atoms. The number of imidazole rings is 2. The maximum atomic E-state index is 12.8. The van der Waals surface area contributed by atoms with Gasteiger partial charge in [0.25, 0.3) is 9.84 Å². The molecule has 0 aliphatic heterocycles. The van der Waals surface area contributed by atoms with E-state index in [1.54, 1.807) is 24.5 Å². The third kappa shape index (κ3) is 3.77. The van der Waals surface area contributed by atoms with Crippen LogP contribution in [0.3, 0.4) is 0 Å². The first-order valence-corrected chi connectivity index (χ1v) is 10.4. The minimum atomic E-state index is -5.52. The van der Waals surface area contributed by atoms with Crippen LogP contribution in [-0.4, -0.2) is 43.1 Å². The van der Waals surface area contributed by atoms with E-state index in [9.17, 15) is 31.5 Å². The van der Waals surface area contributed by atoms with Gasteiger partial charge in [-0.15, -0.1) is 0 Å². The van der Waals surface area contributed by atoms with Crippen molar-refractivity contribution in [3.63, 3.8) is 0 Å². The van der Waals surface area contributed by atoms with Crippen LogP contribution < -0.4 is 5.69 Å². The molecule has 0 saturated heterocycles. The number of alkyl halides is 3. The van der Waals surface area contributed by atoms with E-state index in [0.29, 0.717) is 17.1 Å². The number of hydrogen-bond acceptors (Lipinski definition) is 6. The topological polar surface area (TPSA) is 123 Å². The van der Waals surface area contributed by atoms with Gasteiger partial charge in [-0.2, -0.15) is 13.2 Å². The average molecular weight is 465 g/mol. The molecule has 4 rings (SSSR count). The molecule has 3 aromatic heterocycles. The Balaban J connectivity index is 1.65. The molecule has 2 N–H and O–H groups in total. The minimum Gasteiger partial charge on any atom is -0.493 e. The van der Waals surface area contributed by atoms with Crippen molar-refractivity contribution in [3.05, 3.63) is 77.2 Å². The lowest BCUT2D eigenvalue weighted by Gasteiger charge is -2.09. The van der Waals surface area contributed by atoms with Crippen LogP contribution in [0.15, 0.2) is 70.9 Å². The van der Waals surface area contributed by atoms with Crippen molar-refractivity contribution >= 4 is 9.84 Å². The Labute approximate surface area is 178 Å². The predicted molar refractivity (Wildman–Crippen MR) is 106 cm³/mol. The number of H-pyrrole nitrogens is 1. The summed E-state index contributed by atoms with van der Waals surface area (Å²) in [4.78, 5) is 23.0. The summed E-state index contributed by atoms with van der Waals surface area (Å²) in [5.74, 6) is 0.0651. The van der Waals surface area contributed by atoms with E-state index >= 15 is 0 Å². The Bertz CT molecular complexity index is 1420. The summed E-state index contributed by atoms with van der Waals surface area (Å²) in [7, 11) is -5.52. The molecule has 0 unspecified atom stereocenters. The number of sulfone groups is 1. The lowest BCUT2D eigenvalue weighted by molar-refractivity contribution is -0.0436. The predicted octanol–water partition coefficient (Wildman–Crippen LogP) is 2.47. The molecule has 13 heteroatoms. The standard InChI is InChI=1S/C19H14F3N5O4S/c20-19(21,22)32(30,31)14-3-1-13(2-4-14)27-16(28)11-26(18(27)29)10-12-5-6-23-15(9-12)17-24-7-8-25-17/h1-9,11,28H,10H2,(H,24,25). The number of rotatable bonds is 5. The number of benzene rings is 1. The number of aromatic hydroxyl groups is 1. The zero-order valence-electron chi connectivity index (χ0n) is 16.0. The first kappa shape index (κ1) is 21.4. The monoisotopic (exact) mass is 465 g/mol. The molecule has 0 aliphatic carbocycles. The lowest BCUT2D eigenvalue weighted by Crippen LogP contribution is -2.24. The Kier molecular flexibility index (Phi) is 5.12. The number of nitrogens with zero attached hydrogens (tertiary/aromatic N) is 4. The quantitative estimate of drug-likeness (QED) is 0.467. The smallest absolute Gasteiger partial charge is 0.493 e. The van der Waals surface area contributed by atoms with Gasteiger partial charge in [-0.1, -0.05) is 0 Å². The fourth-order valence-corrected chi connectivity index (χ4v) is 3.81. The number of aromatic nitrogens is 5. The van der Waals surface area contributed by atoms with Crippen LogP contribution in [-0.2, 0) is 16.4 Å². The Morgan fingerprint density at radius 3 is 2.41 bits per heavy atom. The summed E-state index contributed by atoms with van der Waals surface area (Å²) in [6.45, 7) is 0.0656. The van der Waals surface area contributed by atoms with E-state index in [4.69, 9.17) is 0 Å². The second kappa shape index (κ2) is 7.67. The van der Waals surface area contributed by atoms with Gasteiger partial charge in [-0.05, 0) is 42.0 Å². The molecule has 0 bridgehead atoms. The van der Waals surface area contributed by atoms with Crippen LogP contribution in [0.5, 0.6) is 5.88 Å². The van der Waals surface area contributed by atoms with Crippen LogP contribution in [0.2, 0.25) is 0 Å². The zero-order chi connectivity index (χ0) is 23.1. The van der Waals surface area contributed by atoms with E-state index in [1.165, 1.54) is 10.8 Å². The van der Waals surface area contributed by atoms with Gasteiger partial charge < -0.3 is 10.1 Å². The van der Waals surface area contributed by atoms with Crippen molar-refractivity contribution in [2.24, 2.45) is 0 Å². The van der Waals surface area contributed by atoms with Gasteiger partial charge in [-0.25, -0.2) is 22.8 Å². The minimum absolute atomic E-state index is 0.00150. The summed E-state index contributed by atoms with van der Waals surface area (Å²) >= 11 is 0. The van der Waals surface area contributed by atoms with E-state index in [1.807, 2.05) is 0 Å². The Morgan fingerprint density at radius 2 is 1.78 bits per heavy atom. The summed E-state index contributed by atoms with van der Waals surface area (Å²) in [5, 5.41) is 10.2. The maximum Gasteiger partial charge on any atom is 0.501 e. The highest BCUT2D eigenvalue weighted by Crippen LogP contribution is 2.30. The third-order valence-electron chi connectivity index (χ3n) is 4.57. The lowest BCUT2D eigenvalue weighted by atomic mass is 10.2. The molecule has 0 atom stereocenters. The van der Waals surface area contributed by atoms with Gasteiger partial charge in [0, 0.05) is 18.6 Å². The van der Waals surface area contributed by atoms with Crippen molar-refractivity contribution in [3.8, 4) is 23.1 Å². The molecule has 1 aromatic carbocycles. The molecule has 0 aliphatic rings. The van der Waals surface area contributed by atoms with Crippen LogP contribution in [0.4, 0.5) is 13.2 Å². The molecule has 0 radical (unpaired) electrons. The normalized spacial score (nSPS) is 12.2. The van der Waals surface area contributed by atoms with Crippen LogP contribution >= 0.6 is 0 Å². The van der Waals surface area contributed by atoms with Gasteiger partial charge in [0.1, 0.15) is 5.69 Å². The summed E-state index contributed by atoms with van der Waals surface area (Å²) < 4.78 is 63.1. The zero-order valence-corrected chi connectivity index (χ0v) is 16.8. The van der Waals surface area contributed by atoms with Gasteiger partial charge in [-0.3, -0.25) is 9.55 Å². The summed E-state index contributed by atoms with van der Waals surface area (Å²) in [5.41, 5.74) is -4.90. The fraction of sp³-hybridized carbons (Fsp3) is 0.105. The fourth-order valence-electron chi connectivity index (χ4n) is 3.05. The number of hydrogen-bond donors (Lipinski definition) is 2. The second-order valence-electron chi connectivity index (χ2n) is 6.66. The van der Waals surface area contributed by atoms with Crippen molar-refractivity contribution in [2.45, 2.75) is 16.9 Å². The van der Waals surface area contributed by atoms with E-state index in [-0.39, 0.29) is 12.2 Å². The molecule has 3 heterocycles. The molecule has 4 aromatic rings. The average Bonchev–Trinajstić information content (AvgIpc) is 3.36. The van der Waals surface area contributed by atoms with Gasteiger partial charge >= 0.3 is 11.2 Å². The van der Waals surface area contributed by atoms with E-state index in [0.717, 1.165) is 35.0 Å². The summed E-state index contributed by atoms with van der Waals surface area (Å²) in [6, 6.07) is 6.83. The number of nitrogens with one attached hydrogen (secondary N) is 1. The molecule has 166 valence electrons.